The van der Waals surface area contributed by atoms with E-state index in [1.54, 1.807) is 41.3 Å². The fraction of sp³-hybridized carbons (Fsp3) is 0.462. The first-order chi connectivity index (χ1) is 16.2. The van der Waals surface area contributed by atoms with E-state index in [1.165, 1.54) is 0 Å². The molecule has 0 atom stereocenters. The van der Waals surface area contributed by atoms with Crippen molar-refractivity contribution in [3.63, 3.8) is 0 Å². The summed E-state index contributed by atoms with van der Waals surface area (Å²) in [6, 6.07) is 13.3. The summed E-state index contributed by atoms with van der Waals surface area (Å²) in [5.74, 6) is 0.152. The van der Waals surface area contributed by atoms with Crippen molar-refractivity contribution in [2.24, 2.45) is 5.92 Å². The van der Waals surface area contributed by atoms with Gasteiger partial charge in [0.05, 0.1) is 4.90 Å². The van der Waals surface area contributed by atoms with Crippen molar-refractivity contribution in [1.29, 1.82) is 0 Å². The summed E-state index contributed by atoms with van der Waals surface area (Å²) in [6.45, 7) is 7.88. The van der Waals surface area contributed by atoms with Gasteiger partial charge in [0, 0.05) is 36.8 Å². The van der Waals surface area contributed by atoms with Crippen molar-refractivity contribution in [2.45, 2.75) is 57.3 Å². The molecule has 0 spiro atoms. The second-order valence-electron chi connectivity index (χ2n) is 9.12. The predicted molar refractivity (Wildman–Crippen MR) is 134 cm³/mol. The second-order valence-corrected chi connectivity index (χ2v) is 10.8. The molecule has 8 heteroatoms. The molecule has 0 unspecified atom stereocenters. The Kier molecular flexibility index (Phi) is 8.72. The van der Waals surface area contributed by atoms with Crippen LogP contribution in [0, 0.1) is 5.92 Å². The van der Waals surface area contributed by atoms with Gasteiger partial charge in [0.15, 0.2) is 0 Å². The summed E-state index contributed by atoms with van der Waals surface area (Å²) in [5.41, 5.74) is 1.82. The van der Waals surface area contributed by atoms with E-state index >= 15 is 0 Å². The van der Waals surface area contributed by atoms with Crippen molar-refractivity contribution in [2.75, 3.05) is 24.4 Å². The Bertz CT molecular complexity index is 1090. The number of nitrogens with one attached hydrogen (secondary N) is 2. The van der Waals surface area contributed by atoms with Crippen molar-refractivity contribution in [3.8, 4) is 0 Å². The smallest absolute Gasteiger partial charge is 0.261 e. The Morgan fingerprint density at radius 3 is 2.35 bits per heavy atom. The van der Waals surface area contributed by atoms with Gasteiger partial charge >= 0.3 is 0 Å². The third-order valence-electron chi connectivity index (χ3n) is 6.20. The van der Waals surface area contributed by atoms with Crippen molar-refractivity contribution in [1.82, 2.24) is 10.2 Å². The average Bonchev–Trinajstić information content (AvgIpc) is 2.83. The first kappa shape index (κ1) is 25.7. The van der Waals surface area contributed by atoms with E-state index in [9.17, 15) is 18.0 Å². The van der Waals surface area contributed by atoms with E-state index in [1.807, 2.05) is 12.1 Å². The molecule has 0 radical (unpaired) electrons. The van der Waals surface area contributed by atoms with Gasteiger partial charge in [-0.05, 0) is 61.1 Å². The summed E-state index contributed by atoms with van der Waals surface area (Å²) >= 11 is 0. The van der Waals surface area contributed by atoms with Crippen LogP contribution >= 0.6 is 0 Å². The van der Waals surface area contributed by atoms with E-state index < -0.39 is 10.0 Å². The minimum absolute atomic E-state index is 0.0679. The highest BCUT2D eigenvalue weighted by Crippen LogP contribution is 2.23. The number of hydrogen-bond acceptors (Lipinski definition) is 4. The molecule has 184 valence electrons. The Morgan fingerprint density at radius 1 is 1.06 bits per heavy atom. The van der Waals surface area contributed by atoms with Crippen LogP contribution in [0.2, 0.25) is 0 Å². The van der Waals surface area contributed by atoms with Crippen LogP contribution in [0.4, 0.5) is 5.69 Å². The Hall–Kier alpha value is -2.87. The lowest BCUT2D eigenvalue weighted by atomic mass is 9.95. The van der Waals surface area contributed by atoms with E-state index in [0.717, 1.165) is 18.4 Å². The maximum Gasteiger partial charge on any atom is 0.261 e. The molecule has 7 nitrogen and oxygen atoms in total. The lowest BCUT2D eigenvalue weighted by Crippen LogP contribution is -2.43. The number of anilines is 1. The molecule has 2 aromatic carbocycles. The van der Waals surface area contributed by atoms with E-state index in [4.69, 9.17) is 0 Å². The molecule has 0 bridgehead atoms. The zero-order valence-electron chi connectivity index (χ0n) is 20.2. The predicted octanol–water partition coefficient (Wildman–Crippen LogP) is 4.38. The summed E-state index contributed by atoms with van der Waals surface area (Å²) in [5, 5.41) is 2.97. The van der Waals surface area contributed by atoms with Gasteiger partial charge in [-0.15, -0.1) is 0 Å². The standard InChI is InChI=1S/C26H35N3O4S/c1-4-5-15-27-25(30)21-13-16-29(17-14-21)26(31)22-7-6-8-23(18-22)28-34(32,33)24-11-9-20(10-12-24)19(2)3/h6-12,18-19,21,28H,4-5,13-17H2,1-3H3,(H,27,30). The third kappa shape index (κ3) is 6.59. The third-order valence-corrected chi connectivity index (χ3v) is 7.60. The molecule has 1 saturated heterocycles. The van der Waals surface area contributed by atoms with Gasteiger partial charge in [0.1, 0.15) is 0 Å². The number of likely N-dealkylation sites (tertiary alicyclic amines) is 1. The minimum Gasteiger partial charge on any atom is -0.356 e. The Balaban J connectivity index is 1.62. The highest BCUT2D eigenvalue weighted by Gasteiger charge is 2.28. The second kappa shape index (κ2) is 11.5. The van der Waals surface area contributed by atoms with Gasteiger partial charge < -0.3 is 10.2 Å². The van der Waals surface area contributed by atoms with Gasteiger partial charge in [-0.25, -0.2) is 8.42 Å². The number of nitrogens with zero attached hydrogens (tertiary/aromatic N) is 1. The lowest BCUT2D eigenvalue weighted by Gasteiger charge is -2.31. The summed E-state index contributed by atoms with van der Waals surface area (Å²) in [6.07, 6.45) is 3.25. The van der Waals surface area contributed by atoms with E-state index in [-0.39, 0.29) is 22.6 Å². The van der Waals surface area contributed by atoms with E-state index in [2.05, 4.69) is 30.8 Å². The molecule has 2 N–H and O–H groups in total. The number of carbonyl (C=O) groups is 2. The van der Waals surface area contributed by atoms with Gasteiger partial charge in [-0.1, -0.05) is 45.4 Å². The number of unbranched alkanes of at least 4 members (excludes halogenated alkanes) is 1. The van der Waals surface area contributed by atoms with Gasteiger partial charge in [-0.3, -0.25) is 14.3 Å². The highest BCUT2D eigenvalue weighted by molar-refractivity contribution is 7.92. The number of hydrogen-bond donors (Lipinski definition) is 2. The topological polar surface area (TPSA) is 95.6 Å². The van der Waals surface area contributed by atoms with E-state index in [0.29, 0.717) is 49.6 Å². The van der Waals surface area contributed by atoms with Crippen molar-refractivity contribution < 1.29 is 18.0 Å². The molecule has 1 heterocycles. The number of benzene rings is 2. The number of amides is 2. The normalized spacial score (nSPS) is 14.8. The number of sulfonamides is 1. The molecule has 3 rings (SSSR count). The molecule has 1 fully saturated rings. The fourth-order valence-electron chi connectivity index (χ4n) is 4.02. The van der Waals surface area contributed by atoms with Crippen LogP contribution in [0.25, 0.3) is 0 Å². The zero-order chi connectivity index (χ0) is 24.7. The first-order valence-corrected chi connectivity index (χ1v) is 13.5. The number of piperidine rings is 1. The molecule has 1 aliphatic rings. The van der Waals surface area contributed by atoms with Crippen LogP contribution in [0.1, 0.15) is 68.3 Å². The van der Waals surface area contributed by atoms with Crippen LogP contribution in [-0.2, 0) is 14.8 Å². The highest BCUT2D eigenvalue weighted by atomic mass is 32.2. The molecule has 0 aliphatic carbocycles. The van der Waals surface area contributed by atoms with Crippen LogP contribution in [0.15, 0.2) is 53.4 Å². The van der Waals surface area contributed by atoms with Crippen LogP contribution in [0.3, 0.4) is 0 Å². The van der Waals surface area contributed by atoms with Crippen LogP contribution in [0.5, 0.6) is 0 Å². The summed E-state index contributed by atoms with van der Waals surface area (Å²) in [7, 11) is -3.77. The Labute approximate surface area is 203 Å². The van der Waals surface area contributed by atoms with Crippen molar-refractivity contribution >= 4 is 27.5 Å². The summed E-state index contributed by atoms with van der Waals surface area (Å²) < 4.78 is 28.2. The quantitative estimate of drug-likeness (QED) is 0.515. The molecule has 1 aliphatic heterocycles. The minimum atomic E-state index is -3.77. The monoisotopic (exact) mass is 485 g/mol. The molecule has 0 saturated carbocycles. The van der Waals surface area contributed by atoms with Crippen LogP contribution < -0.4 is 10.0 Å². The van der Waals surface area contributed by atoms with Gasteiger partial charge in [0.2, 0.25) is 5.91 Å². The molecule has 34 heavy (non-hydrogen) atoms. The fourth-order valence-corrected chi connectivity index (χ4v) is 5.07. The molecular weight excluding hydrogens is 450 g/mol. The first-order valence-electron chi connectivity index (χ1n) is 12.0. The van der Waals surface area contributed by atoms with Crippen LogP contribution in [-0.4, -0.2) is 44.8 Å². The van der Waals surface area contributed by atoms with Gasteiger partial charge in [0.25, 0.3) is 15.9 Å². The maximum atomic E-state index is 13.0. The zero-order valence-corrected chi connectivity index (χ0v) is 21.0. The van der Waals surface area contributed by atoms with Gasteiger partial charge in [-0.2, -0.15) is 0 Å². The van der Waals surface area contributed by atoms with Crippen molar-refractivity contribution in [3.05, 3.63) is 59.7 Å². The average molecular weight is 486 g/mol. The number of carbonyl (C=O) groups excluding carboxylic acids is 2. The summed E-state index contributed by atoms with van der Waals surface area (Å²) in [4.78, 5) is 27.2. The lowest BCUT2D eigenvalue weighted by molar-refractivity contribution is -0.126. The number of rotatable bonds is 9. The maximum absolute atomic E-state index is 13.0. The molecule has 2 aromatic rings. The largest absolute Gasteiger partial charge is 0.356 e. The molecule has 2 amide bonds. The Morgan fingerprint density at radius 2 is 1.74 bits per heavy atom. The SMILES string of the molecule is CCCCNC(=O)C1CCN(C(=O)c2cccc(NS(=O)(=O)c3ccc(C(C)C)cc3)c2)CC1. The molecular formula is C26H35N3O4S. The molecule has 0 aromatic heterocycles.